The van der Waals surface area contributed by atoms with Crippen LogP contribution in [0.1, 0.15) is 52.9 Å². The molecular formula is C13H26BrNO2S. The minimum absolute atomic E-state index is 0.0722. The molecule has 1 fully saturated rings. The molecule has 0 N–H and O–H groups in total. The first-order valence-electron chi connectivity index (χ1n) is 6.82. The third-order valence-corrected chi connectivity index (χ3v) is 6.13. The van der Waals surface area contributed by atoms with Crippen LogP contribution in [0.5, 0.6) is 0 Å². The molecule has 18 heavy (non-hydrogen) atoms. The quantitative estimate of drug-likeness (QED) is 0.736. The number of sulfonamides is 1. The molecule has 0 aromatic rings. The fraction of sp³-hybridized carbons (Fsp3) is 1.00. The van der Waals surface area contributed by atoms with Crippen LogP contribution in [-0.4, -0.2) is 36.4 Å². The van der Waals surface area contributed by atoms with E-state index in [9.17, 15) is 8.42 Å². The minimum Gasteiger partial charge on any atom is -0.212 e. The van der Waals surface area contributed by atoms with E-state index < -0.39 is 10.0 Å². The maximum Gasteiger partial charge on any atom is 0.214 e. The number of halogens is 1. The predicted molar refractivity (Wildman–Crippen MR) is 80.6 cm³/mol. The number of rotatable bonds is 4. The van der Waals surface area contributed by atoms with E-state index in [1.165, 1.54) is 0 Å². The van der Waals surface area contributed by atoms with Crippen LogP contribution in [0.15, 0.2) is 0 Å². The molecule has 1 rings (SSSR count). The molecule has 5 heteroatoms. The molecule has 1 saturated heterocycles. The molecule has 0 aromatic heterocycles. The molecule has 0 aliphatic carbocycles. The number of hydrogen-bond donors (Lipinski definition) is 0. The maximum absolute atomic E-state index is 12.5. The lowest BCUT2D eigenvalue weighted by atomic mass is 9.94. The van der Waals surface area contributed by atoms with Crippen molar-refractivity contribution in [1.29, 1.82) is 0 Å². The summed E-state index contributed by atoms with van der Waals surface area (Å²) in [5.74, 6) is 0.278. The lowest BCUT2D eigenvalue weighted by molar-refractivity contribution is 0.338. The van der Waals surface area contributed by atoms with Crippen molar-refractivity contribution in [3.63, 3.8) is 0 Å². The molecular weight excluding hydrogens is 314 g/mol. The van der Waals surface area contributed by atoms with Crippen molar-refractivity contribution in [2.45, 2.75) is 58.9 Å². The third kappa shape index (κ3) is 5.17. The van der Waals surface area contributed by atoms with Crippen molar-refractivity contribution in [1.82, 2.24) is 4.31 Å². The first kappa shape index (κ1) is 16.4. The highest BCUT2D eigenvalue weighted by molar-refractivity contribution is 9.09. The van der Waals surface area contributed by atoms with Gasteiger partial charge in [-0.1, -0.05) is 49.5 Å². The number of nitrogens with zero attached hydrogens (tertiary/aromatic N) is 1. The molecule has 0 amide bonds. The molecule has 1 heterocycles. The normalized spacial score (nSPS) is 23.9. The molecule has 0 bridgehead atoms. The Bertz CT molecular complexity index is 348. The Labute approximate surface area is 121 Å². The summed E-state index contributed by atoms with van der Waals surface area (Å²) < 4.78 is 26.7. The Kier molecular flexibility index (Phi) is 6.13. The topological polar surface area (TPSA) is 37.4 Å². The summed E-state index contributed by atoms with van der Waals surface area (Å²) in [7, 11) is -3.10. The van der Waals surface area contributed by atoms with Gasteiger partial charge in [0.15, 0.2) is 0 Å². The van der Waals surface area contributed by atoms with Crippen molar-refractivity contribution in [3.8, 4) is 0 Å². The van der Waals surface area contributed by atoms with Crippen LogP contribution >= 0.6 is 15.9 Å². The SMILES string of the molecule is CC(C)(C)CCS(=O)(=O)N1CCCCCC1CBr. The minimum atomic E-state index is -3.10. The second-order valence-electron chi connectivity index (χ2n) is 6.39. The van der Waals surface area contributed by atoms with Gasteiger partial charge in [0.1, 0.15) is 0 Å². The van der Waals surface area contributed by atoms with Gasteiger partial charge >= 0.3 is 0 Å². The molecule has 0 spiro atoms. The van der Waals surface area contributed by atoms with Crippen LogP contribution in [-0.2, 0) is 10.0 Å². The van der Waals surface area contributed by atoms with E-state index in [4.69, 9.17) is 0 Å². The monoisotopic (exact) mass is 339 g/mol. The third-order valence-electron chi connectivity index (χ3n) is 3.47. The van der Waals surface area contributed by atoms with Gasteiger partial charge in [-0.2, -0.15) is 4.31 Å². The van der Waals surface area contributed by atoms with Gasteiger partial charge in [0, 0.05) is 17.9 Å². The Morgan fingerprint density at radius 1 is 1.22 bits per heavy atom. The van der Waals surface area contributed by atoms with Crippen molar-refractivity contribution >= 4 is 26.0 Å². The first-order valence-corrected chi connectivity index (χ1v) is 9.55. The van der Waals surface area contributed by atoms with Crippen molar-refractivity contribution in [3.05, 3.63) is 0 Å². The van der Waals surface area contributed by atoms with Crippen LogP contribution in [0.25, 0.3) is 0 Å². The summed E-state index contributed by atoms with van der Waals surface area (Å²) in [5, 5.41) is 0.752. The van der Waals surface area contributed by atoms with Gasteiger partial charge in [-0.25, -0.2) is 8.42 Å². The van der Waals surface area contributed by atoms with Crippen LogP contribution in [0.3, 0.4) is 0 Å². The second kappa shape index (κ2) is 6.71. The highest BCUT2D eigenvalue weighted by Gasteiger charge is 2.31. The van der Waals surface area contributed by atoms with E-state index in [1.54, 1.807) is 4.31 Å². The lowest BCUT2D eigenvalue weighted by Crippen LogP contribution is -2.42. The molecule has 0 saturated carbocycles. The first-order chi connectivity index (χ1) is 8.26. The van der Waals surface area contributed by atoms with Crippen LogP contribution < -0.4 is 0 Å². The van der Waals surface area contributed by atoms with Crippen LogP contribution in [0.2, 0.25) is 0 Å². The predicted octanol–water partition coefficient (Wildman–Crippen LogP) is 3.39. The summed E-state index contributed by atoms with van der Waals surface area (Å²) in [6.45, 7) is 6.97. The Morgan fingerprint density at radius 2 is 1.89 bits per heavy atom. The van der Waals surface area contributed by atoms with Crippen molar-refractivity contribution in [2.24, 2.45) is 5.41 Å². The summed E-state index contributed by atoms with van der Waals surface area (Å²) in [5.41, 5.74) is 0.0722. The number of alkyl halides is 1. The smallest absolute Gasteiger partial charge is 0.212 e. The molecule has 3 nitrogen and oxygen atoms in total. The van der Waals surface area contributed by atoms with E-state index in [0.29, 0.717) is 6.54 Å². The molecule has 1 atom stereocenters. The number of hydrogen-bond acceptors (Lipinski definition) is 2. The lowest BCUT2D eigenvalue weighted by Gasteiger charge is -2.29. The van der Waals surface area contributed by atoms with E-state index in [0.717, 1.165) is 37.4 Å². The van der Waals surface area contributed by atoms with Gasteiger partial charge in [-0.3, -0.25) is 0 Å². The second-order valence-corrected chi connectivity index (χ2v) is 9.08. The zero-order valence-electron chi connectivity index (χ0n) is 11.8. The summed E-state index contributed by atoms with van der Waals surface area (Å²) >= 11 is 3.46. The fourth-order valence-electron chi connectivity index (χ4n) is 2.22. The van der Waals surface area contributed by atoms with E-state index in [-0.39, 0.29) is 17.2 Å². The standard InChI is InChI=1S/C13H26BrNO2S/c1-13(2,3)8-10-18(16,17)15-9-6-4-5-7-12(15)11-14/h12H,4-11H2,1-3H3. The van der Waals surface area contributed by atoms with E-state index in [2.05, 4.69) is 36.7 Å². The summed E-state index contributed by atoms with van der Waals surface area (Å²) in [4.78, 5) is 0. The van der Waals surface area contributed by atoms with Gasteiger partial charge < -0.3 is 0 Å². The molecule has 1 aliphatic heterocycles. The van der Waals surface area contributed by atoms with E-state index in [1.807, 2.05) is 0 Å². The van der Waals surface area contributed by atoms with Crippen LogP contribution in [0.4, 0.5) is 0 Å². The maximum atomic E-state index is 12.5. The van der Waals surface area contributed by atoms with Gasteiger partial charge in [-0.15, -0.1) is 0 Å². The van der Waals surface area contributed by atoms with Crippen molar-refractivity contribution in [2.75, 3.05) is 17.6 Å². The zero-order chi connectivity index (χ0) is 13.8. The summed E-state index contributed by atoms with van der Waals surface area (Å²) in [6, 6.07) is 0.150. The van der Waals surface area contributed by atoms with Gasteiger partial charge in [0.05, 0.1) is 5.75 Å². The Balaban J connectivity index is 2.74. The fourth-order valence-corrected chi connectivity index (χ4v) is 5.23. The Morgan fingerprint density at radius 3 is 2.44 bits per heavy atom. The largest absolute Gasteiger partial charge is 0.214 e. The average Bonchev–Trinajstić information content (AvgIpc) is 2.50. The van der Waals surface area contributed by atoms with Gasteiger partial charge in [0.25, 0.3) is 0 Å². The van der Waals surface area contributed by atoms with Gasteiger partial charge in [-0.05, 0) is 24.7 Å². The highest BCUT2D eigenvalue weighted by Crippen LogP contribution is 2.25. The van der Waals surface area contributed by atoms with Crippen LogP contribution in [0, 0.1) is 5.41 Å². The highest BCUT2D eigenvalue weighted by atomic mass is 79.9. The Hall–Kier alpha value is 0.390. The zero-order valence-corrected chi connectivity index (χ0v) is 14.2. The molecule has 0 radical (unpaired) electrons. The van der Waals surface area contributed by atoms with E-state index >= 15 is 0 Å². The molecule has 1 aliphatic rings. The summed E-state index contributed by atoms with van der Waals surface area (Å²) in [6.07, 6.45) is 5.00. The molecule has 0 aromatic carbocycles. The average molecular weight is 340 g/mol. The van der Waals surface area contributed by atoms with Crippen molar-refractivity contribution < 1.29 is 8.42 Å². The molecule has 108 valence electrons. The molecule has 1 unspecified atom stereocenters. The van der Waals surface area contributed by atoms with Gasteiger partial charge in [0.2, 0.25) is 10.0 Å².